The third-order valence-corrected chi connectivity index (χ3v) is 5.55. The van der Waals surface area contributed by atoms with Gasteiger partial charge in [0.1, 0.15) is 0 Å². The first-order valence-corrected chi connectivity index (χ1v) is 9.64. The lowest BCUT2D eigenvalue weighted by Gasteiger charge is -2.13. The Morgan fingerprint density at radius 2 is 1.89 bits per heavy atom. The number of benzene rings is 2. The molecule has 1 aliphatic rings. The Bertz CT molecular complexity index is 925. The minimum Gasteiger partial charge on any atom is -0.465 e. The molecular weight excluding hydrogens is 374 g/mol. The van der Waals surface area contributed by atoms with Crippen LogP contribution in [0.25, 0.3) is 0 Å². The molecule has 0 saturated carbocycles. The van der Waals surface area contributed by atoms with Crippen LogP contribution in [0.2, 0.25) is 0 Å². The molecule has 0 fully saturated rings. The van der Waals surface area contributed by atoms with Gasteiger partial charge in [-0.3, -0.25) is 0 Å². The Labute approximate surface area is 156 Å². The van der Waals surface area contributed by atoms with E-state index in [4.69, 9.17) is 9.47 Å². The Morgan fingerprint density at radius 1 is 1.19 bits per heavy atom. The number of hydrogen-bond donors (Lipinski definition) is 2. The molecule has 1 aliphatic heterocycles. The molecule has 144 valence electrons. The molecule has 0 unspecified atom stereocenters. The molecule has 0 spiro atoms. The maximum absolute atomic E-state index is 12.3. The highest BCUT2D eigenvalue weighted by Crippen LogP contribution is 2.34. The van der Waals surface area contributed by atoms with Gasteiger partial charge in [0.2, 0.25) is 16.8 Å². The van der Waals surface area contributed by atoms with Gasteiger partial charge in [-0.25, -0.2) is 17.9 Å². The fourth-order valence-corrected chi connectivity index (χ4v) is 3.64. The number of aliphatic hydroxyl groups is 1. The number of rotatable bonds is 7. The van der Waals surface area contributed by atoms with Crippen molar-refractivity contribution >= 4 is 16.0 Å². The van der Waals surface area contributed by atoms with Crippen molar-refractivity contribution in [3.8, 4) is 11.5 Å². The molecule has 1 atom stereocenters. The molecule has 0 amide bonds. The van der Waals surface area contributed by atoms with Crippen LogP contribution in [0.3, 0.4) is 0 Å². The number of hydrogen-bond acceptors (Lipinski definition) is 7. The monoisotopic (exact) mass is 393 g/mol. The van der Waals surface area contributed by atoms with Gasteiger partial charge in [-0.1, -0.05) is 6.07 Å². The van der Waals surface area contributed by atoms with Crippen LogP contribution in [0.5, 0.6) is 11.5 Å². The van der Waals surface area contributed by atoms with Crippen molar-refractivity contribution in [2.75, 3.05) is 20.4 Å². The number of fused-ring (bicyclic) bond motifs is 1. The van der Waals surface area contributed by atoms with Crippen LogP contribution in [0.4, 0.5) is 0 Å². The summed E-state index contributed by atoms with van der Waals surface area (Å²) in [4.78, 5) is 11.4. The SMILES string of the molecule is COC(=O)c1ccc(S(=O)(=O)NCC[C@H](O)c2ccc3c(c2)OCO3)cc1. The van der Waals surface area contributed by atoms with E-state index in [0.717, 1.165) is 0 Å². The summed E-state index contributed by atoms with van der Waals surface area (Å²) in [5.41, 5.74) is 0.871. The van der Waals surface area contributed by atoms with E-state index >= 15 is 0 Å². The number of carbonyl (C=O) groups excluding carboxylic acids is 1. The molecular formula is C18H19NO7S. The zero-order chi connectivity index (χ0) is 19.4. The largest absolute Gasteiger partial charge is 0.465 e. The van der Waals surface area contributed by atoms with Crippen LogP contribution in [-0.2, 0) is 14.8 Å². The van der Waals surface area contributed by atoms with Crippen molar-refractivity contribution in [1.29, 1.82) is 0 Å². The van der Waals surface area contributed by atoms with E-state index in [2.05, 4.69) is 9.46 Å². The molecule has 27 heavy (non-hydrogen) atoms. The maximum Gasteiger partial charge on any atom is 0.337 e. The number of aliphatic hydroxyl groups excluding tert-OH is 1. The normalized spacial score (nSPS) is 14.0. The summed E-state index contributed by atoms with van der Waals surface area (Å²) in [6, 6.07) is 10.5. The van der Waals surface area contributed by atoms with Gasteiger partial charge in [0.25, 0.3) is 0 Å². The minimum atomic E-state index is -3.75. The lowest BCUT2D eigenvalue weighted by atomic mass is 10.1. The summed E-state index contributed by atoms with van der Waals surface area (Å²) in [6.45, 7) is 0.181. The van der Waals surface area contributed by atoms with Gasteiger partial charge in [0.15, 0.2) is 11.5 Å². The topological polar surface area (TPSA) is 111 Å². The highest BCUT2D eigenvalue weighted by molar-refractivity contribution is 7.89. The van der Waals surface area contributed by atoms with E-state index in [9.17, 15) is 18.3 Å². The molecule has 0 aromatic heterocycles. The molecule has 2 aromatic rings. The summed E-state index contributed by atoms with van der Waals surface area (Å²) in [5, 5.41) is 10.3. The van der Waals surface area contributed by atoms with Gasteiger partial charge in [-0.15, -0.1) is 0 Å². The van der Waals surface area contributed by atoms with Crippen molar-refractivity contribution < 1.29 is 32.5 Å². The smallest absolute Gasteiger partial charge is 0.337 e. The van der Waals surface area contributed by atoms with Gasteiger partial charge in [-0.2, -0.15) is 0 Å². The zero-order valence-corrected chi connectivity index (χ0v) is 15.4. The van der Waals surface area contributed by atoms with E-state index in [1.54, 1.807) is 18.2 Å². The fourth-order valence-electron chi connectivity index (χ4n) is 2.59. The Morgan fingerprint density at radius 3 is 2.59 bits per heavy atom. The van der Waals surface area contributed by atoms with Gasteiger partial charge in [0, 0.05) is 6.54 Å². The quantitative estimate of drug-likeness (QED) is 0.688. The van der Waals surface area contributed by atoms with Gasteiger partial charge < -0.3 is 19.3 Å². The van der Waals surface area contributed by atoms with E-state index in [1.807, 2.05) is 0 Å². The van der Waals surface area contributed by atoms with E-state index in [0.29, 0.717) is 17.1 Å². The average Bonchev–Trinajstić information content (AvgIpc) is 3.15. The first kappa shape index (κ1) is 19.2. The Kier molecular flexibility index (Phi) is 5.64. The second-order valence-electron chi connectivity index (χ2n) is 5.83. The van der Waals surface area contributed by atoms with Gasteiger partial charge in [0.05, 0.1) is 23.7 Å². The van der Waals surface area contributed by atoms with E-state index in [-0.39, 0.29) is 30.2 Å². The number of methoxy groups -OCH3 is 1. The van der Waals surface area contributed by atoms with Crippen molar-refractivity contribution in [2.24, 2.45) is 0 Å². The zero-order valence-electron chi connectivity index (χ0n) is 14.5. The second-order valence-corrected chi connectivity index (χ2v) is 7.60. The second kappa shape index (κ2) is 7.95. The molecule has 0 bridgehead atoms. The van der Waals surface area contributed by atoms with Crippen molar-refractivity contribution in [3.63, 3.8) is 0 Å². The van der Waals surface area contributed by atoms with Crippen LogP contribution in [0.15, 0.2) is 47.4 Å². The third kappa shape index (κ3) is 4.38. The van der Waals surface area contributed by atoms with Gasteiger partial charge in [-0.05, 0) is 48.4 Å². The highest BCUT2D eigenvalue weighted by Gasteiger charge is 2.18. The predicted octanol–water partition coefficient (Wildman–Crippen LogP) is 1.60. The van der Waals surface area contributed by atoms with E-state index in [1.165, 1.54) is 31.4 Å². The van der Waals surface area contributed by atoms with Crippen molar-refractivity contribution in [3.05, 3.63) is 53.6 Å². The van der Waals surface area contributed by atoms with E-state index < -0.39 is 22.1 Å². The summed E-state index contributed by atoms with van der Waals surface area (Å²) < 4.78 is 42.1. The summed E-state index contributed by atoms with van der Waals surface area (Å²) >= 11 is 0. The Hall–Kier alpha value is -2.62. The average molecular weight is 393 g/mol. The molecule has 9 heteroatoms. The highest BCUT2D eigenvalue weighted by atomic mass is 32.2. The first-order chi connectivity index (χ1) is 12.9. The first-order valence-electron chi connectivity index (χ1n) is 8.16. The van der Waals surface area contributed by atoms with Crippen molar-refractivity contribution in [2.45, 2.75) is 17.4 Å². The van der Waals surface area contributed by atoms with Crippen molar-refractivity contribution in [1.82, 2.24) is 4.72 Å². The standard InChI is InChI=1S/C18H19NO7S/c1-24-18(21)12-2-5-14(6-3-12)27(22,23)19-9-8-15(20)13-4-7-16-17(10-13)26-11-25-16/h2-7,10,15,19-20H,8-9,11H2,1H3/t15-/m0/s1. The Balaban J connectivity index is 1.58. The fraction of sp³-hybridized carbons (Fsp3) is 0.278. The molecule has 2 N–H and O–H groups in total. The summed E-state index contributed by atoms with van der Waals surface area (Å²) in [5.74, 6) is 0.624. The van der Waals surface area contributed by atoms with Crippen LogP contribution < -0.4 is 14.2 Å². The summed E-state index contributed by atoms with van der Waals surface area (Å²) in [7, 11) is -2.50. The maximum atomic E-state index is 12.3. The third-order valence-electron chi connectivity index (χ3n) is 4.08. The van der Waals surface area contributed by atoms with Crippen LogP contribution in [0, 0.1) is 0 Å². The van der Waals surface area contributed by atoms with Crippen LogP contribution >= 0.6 is 0 Å². The molecule has 3 rings (SSSR count). The molecule has 2 aromatic carbocycles. The predicted molar refractivity (Wildman–Crippen MR) is 95.1 cm³/mol. The summed E-state index contributed by atoms with van der Waals surface area (Å²) in [6.07, 6.45) is -0.678. The lowest BCUT2D eigenvalue weighted by Crippen LogP contribution is -2.26. The molecule has 0 radical (unpaired) electrons. The number of nitrogens with one attached hydrogen (secondary N) is 1. The minimum absolute atomic E-state index is 0.0210. The number of carbonyl (C=O) groups is 1. The molecule has 1 heterocycles. The number of sulfonamides is 1. The molecule has 0 aliphatic carbocycles. The van der Waals surface area contributed by atoms with Crippen LogP contribution in [0.1, 0.15) is 28.4 Å². The number of ether oxygens (including phenoxy) is 3. The molecule has 0 saturated heterocycles. The van der Waals surface area contributed by atoms with Gasteiger partial charge >= 0.3 is 5.97 Å². The lowest BCUT2D eigenvalue weighted by molar-refractivity contribution is 0.0600. The molecule has 8 nitrogen and oxygen atoms in total. The number of esters is 1. The van der Waals surface area contributed by atoms with Crippen LogP contribution in [-0.4, -0.2) is 39.9 Å².